The Morgan fingerprint density at radius 3 is 2.53 bits per heavy atom. The van der Waals surface area contributed by atoms with Gasteiger partial charge in [-0.05, 0) is 37.1 Å². The van der Waals surface area contributed by atoms with Gasteiger partial charge in [0.15, 0.2) is 0 Å². The molecule has 0 saturated carbocycles. The maximum Gasteiger partial charge on any atom is 0.488 e. The summed E-state index contributed by atoms with van der Waals surface area (Å²) >= 11 is 0. The van der Waals surface area contributed by atoms with E-state index in [4.69, 9.17) is 10.8 Å². The van der Waals surface area contributed by atoms with Crippen molar-refractivity contribution in [2.45, 2.75) is 19.0 Å². The van der Waals surface area contributed by atoms with Gasteiger partial charge in [-0.15, -0.1) is 0 Å². The maximum atomic E-state index is 10.7. The molecule has 0 saturated heterocycles. The highest BCUT2D eigenvalue weighted by atomic mass is 16.4. The van der Waals surface area contributed by atoms with Crippen LogP contribution in [0.2, 0.25) is 0 Å². The topological polar surface area (TPSA) is 107 Å². The van der Waals surface area contributed by atoms with Crippen molar-refractivity contribution < 1.29 is 19.9 Å². The van der Waals surface area contributed by atoms with Gasteiger partial charge in [-0.25, -0.2) is 0 Å². The lowest BCUT2D eigenvalue weighted by Crippen LogP contribution is -2.36. The fraction of sp³-hybridized carbons (Fsp3) is 0.417. The first-order chi connectivity index (χ1) is 8.81. The highest BCUT2D eigenvalue weighted by Gasteiger charge is 2.18. The molecule has 0 aliphatic carbocycles. The summed E-state index contributed by atoms with van der Waals surface area (Å²) in [6.07, 6.45) is 0.206. The van der Waals surface area contributed by atoms with Crippen LogP contribution >= 0.6 is 0 Å². The number of benzene rings is 1. The van der Waals surface area contributed by atoms with E-state index in [1.807, 2.05) is 19.0 Å². The predicted molar refractivity (Wildman–Crippen MR) is 73.0 cm³/mol. The zero-order chi connectivity index (χ0) is 14.6. The van der Waals surface area contributed by atoms with E-state index in [0.717, 1.165) is 11.1 Å². The van der Waals surface area contributed by atoms with Crippen LogP contribution in [0, 0.1) is 0 Å². The second-order valence-electron chi connectivity index (χ2n) is 4.79. The van der Waals surface area contributed by atoms with Gasteiger partial charge in [-0.1, -0.05) is 18.2 Å². The van der Waals surface area contributed by atoms with Crippen LogP contribution in [0.4, 0.5) is 0 Å². The number of hydrogen-bond donors (Lipinski definition) is 4. The Morgan fingerprint density at radius 1 is 1.42 bits per heavy atom. The van der Waals surface area contributed by atoms with Crippen molar-refractivity contribution in [1.82, 2.24) is 4.90 Å². The number of nitrogens with two attached hydrogens (primary N) is 1. The van der Waals surface area contributed by atoms with Crippen molar-refractivity contribution in [3.05, 3.63) is 29.3 Å². The third kappa shape index (κ3) is 4.64. The quantitative estimate of drug-likeness (QED) is 0.461. The molecule has 7 heteroatoms. The van der Waals surface area contributed by atoms with E-state index in [9.17, 15) is 14.8 Å². The summed E-state index contributed by atoms with van der Waals surface area (Å²) in [6.45, 7) is 0.531. The SMILES string of the molecule is CN(C)Cc1cc(C[C@H](N)C(=O)O)ccc1B(O)O. The van der Waals surface area contributed by atoms with Gasteiger partial charge in [0.05, 0.1) is 0 Å². The Morgan fingerprint density at radius 2 is 2.05 bits per heavy atom. The molecule has 0 fully saturated rings. The van der Waals surface area contributed by atoms with Gasteiger partial charge in [0.1, 0.15) is 6.04 Å². The van der Waals surface area contributed by atoms with Crippen LogP contribution in [0.1, 0.15) is 11.1 Å². The molecule has 0 unspecified atom stereocenters. The summed E-state index contributed by atoms with van der Waals surface area (Å²) in [7, 11) is 2.18. The average molecular weight is 266 g/mol. The third-order valence-corrected chi connectivity index (χ3v) is 2.74. The Balaban J connectivity index is 3.00. The summed E-state index contributed by atoms with van der Waals surface area (Å²) < 4.78 is 0. The summed E-state index contributed by atoms with van der Waals surface area (Å²) in [4.78, 5) is 12.6. The predicted octanol–water partition coefficient (Wildman–Crippen LogP) is -1.62. The fourth-order valence-electron chi connectivity index (χ4n) is 1.86. The van der Waals surface area contributed by atoms with Gasteiger partial charge >= 0.3 is 13.1 Å². The van der Waals surface area contributed by atoms with Crippen molar-refractivity contribution in [2.24, 2.45) is 5.73 Å². The Kier molecular flexibility index (Phi) is 5.50. The number of carboxylic acid groups (broad SMARTS) is 1. The standard InChI is InChI=1S/C12H19BN2O4/c1-15(2)7-9-5-8(6-11(14)12(16)17)3-4-10(9)13(18)19/h3-5,11,18-19H,6-7,14H2,1-2H3,(H,16,17)/t11-/m0/s1. The molecule has 1 rings (SSSR count). The van der Waals surface area contributed by atoms with Gasteiger partial charge < -0.3 is 25.8 Å². The highest BCUT2D eigenvalue weighted by molar-refractivity contribution is 6.59. The van der Waals surface area contributed by atoms with Crippen LogP contribution in [-0.2, 0) is 17.8 Å². The van der Waals surface area contributed by atoms with Gasteiger partial charge in [0.25, 0.3) is 0 Å². The normalized spacial score (nSPS) is 12.5. The molecular weight excluding hydrogens is 247 g/mol. The molecular formula is C12H19BN2O4. The molecule has 0 aliphatic heterocycles. The molecule has 0 amide bonds. The van der Waals surface area contributed by atoms with Crippen molar-refractivity contribution in [3.8, 4) is 0 Å². The second-order valence-corrected chi connectivity index (χ2v) is 4.79. The van der Waals surface area contributed by atoms with Crippen molar-refractivity contribution in [1.29, 1.82) is 0 Å². The molecule has 0 aliphatic rings. The molecule has 0 radical (unpaired) electrons. The lowest BCUT2D eigenvalue weighted by molar-refractivity contribution is -0.138. The van der Waals surface area contributed by atoms with Crippen LogP contribution in [0.3, 0.4) is 0 Å². The van der Waals surface area contributed by atoms with Crippen LogP contribution in [0.15, 0.2) is 18.2 Å². The molecule has 6 nitrogen and oxygen atoms in total. The zero-order valence-corrected chi connectivity index (χ0v) is 11.1. The lowest BCUT2D eigenvalue weighted by Gasteiger charge is -2.16. The van der Waals surface area contributed by atoms with E-state index in [1.54, 1.807) is 18.2 Å². The van der Waals surface area contributed by atoms with Crippen LogP contribution in [0.5, 0.6) is 0 Å². The van der Waals surface area contributed by atoms with Crippen molar-refractivity contribution >= 4 is 18.6 Å². The van der Waals surface area contributed by atoms with E-state index in [-0.39, 0.29) is 6.42 Å². The minimum absolute atomic E-state index is 0.206. The van der Waals surface area contributed by atoms with E-state index in [0.29, 0.717) is 12.0 Å². The first kappa shape index (κ1) is 15.7. The van der Waals surface area contributed by atoms with Crippen LogP contribution < -0.4 is 11.2 Å². The summed E-state index contributed by atoms with van der Waals surface area (Å²) in [6, 6.07) is 4.05. The summed E-state index contributed by atoms with van der Waals surface area (Å²) in [5.74, 6) is -1.06. The molecule has 0 aromatic heterocycles. The third-order valence-electron chi connectivity index (χ3n) is 2.74. The summed E-state index contributed by atoms with van der Waals surface area (Å²) in [5.41, 5.74) is 7.41. The zero-order valence-electron chi connectivity index (χ0n) is 11.1. The van der Waals surface area contributed by atoms with Crippen molar-refractivity contribution in [2.75, 3.05) is 14.1 Å². The molecule has 19 heavy (non-hydrogen) atoms. The number of rotatable bonds is 6. The van der Waals surface area contributed by atoms with Crippen LogP contribution in [-0.4, -0.2) is 53.3 Å². The molecule has 1 aromatic carbocycles. The number of carbonyl (C=O) groups is 1. The average Bonchev–Trinajstić information content (AvgIpc) is 2.27. The van der Waals surface area contributed by atoms with E-state index < -0.39 is 19.1 Å². The molecule has 0 bridgehead atoms. The van der Waals surface area contributed by atoms with E-state index in [1.165, 1.54) is 0 Å². The first-order valence-corrected chi connectivity index (χ1v) is 5.92. The molecule has 1 aromatic rings. The second kappa shape index (κ2) is 6.67. The lowest BCUT2D eigenvalue weighted by atomic mass is 9.76. The Bertz CT molecular complexity index is 451. The number of carboxylic acids is 1. The summed E-state index contributed by atoms with van der Waals surface area (Å²) in [5, 5.41) is 27.4. The van der Waals surface area contributed by atoms with Crippen LogP contribution in [0.25, 0.3) is 0 Å². The molecule has 5 N–H and O–H groups in total. The van der Waals surface area contributed by atoms with Gasteiger partial charge in [-0.3, -0.25) is 4.79 Å². The van der Waals surface area contributed by atoms with Crippen molar-refractivity contribution in [3.63, 3.8) is 0 Å². The number of hydrogen-bond acceptors (Lipinski definition) is 5. The van der Waals surface area contributed by atoms with Gasteiger partial charge in [0.2, 0.25) is 0 Å². The molecule has 0 spiro atoms. The monoisotopic (exact) mass is 266 g/mol. The molecule has 104 valence electrons. The van der Waals surface area contributed by atoms with E-state index in [2.05, 4.69) is 0 Å². The first-order valence-electron chi connectivity index (χ1n) is 5.92. The Labute approximate surface area is 112 Å². The number of aliphatic carboxylic acids is 1. The van der Waals surface area contributed by atoms with Gasteiger partial charge in [-0.2, -0.15) is 0 Å². The molecule has 1 atom stereocenters. The minimum Gasteiger partial charge on any atom is -0.480 e. The maximum absolute atomic E-state index is 10.7. The fourth-order valence-corrected chi connectivity index (χ4v) is 1.86. The largest absolute Gasteiger partial charge is 0.488 e. The smallest absolute Gasteiger partial charge is 0.480 e. The minimum atomic E-state index is -1.54. The number of nitrogens with zero attached hydrogens (tertiary/aromatic N) is 1. The van der Waals surface area contributed by atoms with E-state index >= 15 is 0 Å². The Hall–Kier alpha value is -1.41. The molecule has 0 heterocycles. The highest BCUT2D eigenvalue weighted by Crippen LogP contribution is 2.08. The van der Waals surface area contributed by atoms with Gasteiger partial charge in [0, 0.05) is 6.54 Å².